The van der Waals surface area contributed by atoms with E-state index in [1.165, 1.54) is 12.1 Å². The zero-order valence-electron chi connectivity index (χ0n) is 12.3. The van der Waals surface area contributed by atoms with Gasteiger partial charge in [0.1, 0.15) is 11.6 Å². The van der Waals surface area contributed by atoms with Crippen LogP contribution in [-0.2, 0) is 4.79 Å². The van der Waals surface area contributed by atoms with Crippen LogP contribution in [0.3, 0.4) is 0 Å². The van der Waals surface area contributed by atoms with Gasteiger partial charge in [-0.15, -0.1) is 0 Å². The molecule has 0 bridgehead atoms. The van der Waals surface area contributed by atoms with Gasteiger partial charge in [0.25, 0.3) is 11.6 Å². The number of hydrogen-bond acceptors (Lipinski definition) is 4. The van der Waals surface area contributed by atoms with Gasteiger partial charge in [-0.05, 0) is 17.9 Å². The summed E-state index contributed by atoms with van der Waals surface area (Å²) in [6.07, 6.45) is 0. The van der Waals surface area contributed by atoms with Gasteiger partial charge in [-0.25, -0.2) is 4.79 Å². The van der Waals surface area contributed by atoms with Gasteiger partial charge in [-0.1, -0.05) is 32.9 Å². The summed E-state index contributed by atoms with van der Waals surface area (Å²) in [4.78, 5) is 33.9. The van der Waals surface area contributed by atoms with Gasteiger partial charge >= 0.3 is 5.97 Å². The molecular weight excluding hydrogens is 276 g/mol. The Hall–Kier alpha value is -2.44. The monoisotopic (exact) mass is 294 g/mol. The molecule has 114 valence electrons. The fraction of sp³-hybridized carbons (Fsp3) is 0.429. The Kier molecular flexibility index (Phi) is 4.67. The van der Waals surface area contributed by atoms with Crippen LogP contribution >= 0.6 is 0 Å². The van der Waals surface area contributed by atoms with Gasteiger partial charge in [0.05, 0.1) is 4.92 Å². The first-order valence-electron chi connectivity index (χ1n) is 6.33. The number of nitro groups is 1. The van der Waals surface area contributed by atoms with Crippen molar-refractivity contribution in [3.63, 3.8) is 0 Å². The molecule has 7 heteroatoms. The maximum Gasteiger partial charge on any atom is 0.326 e. The first-order valence-corrected chi connectivity index (χ1v) is 6.33. The van der Waals surface area contributed by atoms with E-state index in [4.69, 9.17) is 0 Å². The molecule has 0 aliphatic carbocycles. The van der Waals surface area contributed by atoms with Crippen LogP contribution < -0.4 is 5.32 Å². The Balaban J connectivity index is 3.21. The predicted molar refractivity (Wildman–Crippen MR) is 76.2 cm³/mol. The molecule has 0 saturated carbocycles. The third-order valence-electron chi connectivity index (χ3n) is 3.06. The van der Waals surface area contributed by atoms with E-state index in [1.54, 1.807) is 33.8 Å². The molecular formula is C14H18N2O5. The molecule has 0 fully saturated rings. The van der Waals surface area contributed by atoms with E-state index in [-0.39, 0.29) is 11.3 Å². The Morgan fingerprint density at radius 2 is 1.90 bits per heavy atom. The Morgan fingerprint density at radius 3 is 2.33 bits per heavy atom. The molecule has 1 aromatic rings. The molecule has 1 unspecified atom stereocenters. The molecule has 0 aromatic heterocycles. The van der Waals surface area contributed by atoms with Gasteiger partial charge < -0.3 is 10.4 Å². The fourth-order valence-electron chi connectivity index (χ4n) is 1.95. The van der Waals surface area contributed by atoms with Crippen LogP contribution in [0.5, 0.6) is 0 Å². The molecule has 0 radical (unpaired) electrons. The van der Waals surface area contributed by atoms with Crippen molar-refractivity contribution < 1.29 is 19.6 Å². The number of carboxylic acid groups (broad SMARTS) is 1. The number of hydrogen-bond donors (Lipinski definition) is 2. The maximum atomic E-state index is 12.3. The number of amides is 1. The summed E-state index contributed by atoms with van der Waals surface area (Å²) in [6, 6.07) is 3.11. The number of benzene rings is 1. The number of carbonyl (C=O) groups excluding carboxylic acids is 1. The van der Waals surface area contributed by atoms with E-state index < -0.39 is 28.3 Å². The van der Waals surface area contributed by atoms with Crippen LogP contribution in [0.2, 0.25) is 0 Å². The molecule has 0 heterocycles. The molecule has 0 aliphatic rings. The second-order valence-electron chi connectivity index (χ2n) is 5.84. The highest BCUT2D eigenvalue weighted by Crippen LogP contribution is 2.24. The van der Waals surface area contributed by atoms with Crippen LogP contribution in [0.25, 0.3) is 0 Å². The summed E-state index contributed by atoms with van der Waals surface area (Å²) in [5, 5.41) is 22.6. The van der Waals surface area contributed by atoms with Crippen molar-refractivity contribution in [2.24, 2.45) is 5.41 Å². The lowest BCUT2D eigenvalue weighted by molar-refractivity contribution is -0.385. The molecule has 1 atom stereocenters. The average molecular weight is 294 g/mol. The third kappa shape index (κ3) is 3.77. The molecule has 1 aromatic carbocycles. The first-order chi connectivity index (χ1) is 9.55. The van der Waals surface area contributed by atoms with Crippen molar-refractivity contribution >= 4 is 17.6 Å². The minimum atomic E-state index is -1.19. The number of aliphatic carboxylic acids is 1. The summed E-state index contributed by atoms with van der Waals surface area (Å²) in [7, 11) is 0. The van der Waals surface area contributed by atoms with E-state index in [1.807, 2.05) is 0 Å². The van der Waals surface area contributed by atoms with Gasteiger partial charge in [-0.2, -0.15) is 0 Å². The number of rotatable bonds is 4. The lowest BCUT2D eigenvalue weighted by atomic mass is 9.86. The van der Waals surface area contributed by atoms with E-state index in [2.05, 4.69) is 5.32 Å². The lowest BCUT2D eigenvalue weighted by Crippen LogP contribution is -2.49. The predicted octanol–water partition coefficient (Wildman–Crippen LogP) is 2.13. The standard InChI is InChI=1S/C14H18N2O5/c1-8-6-5-7-9(16(20)21)10(8)12(17)15-11(13(18)19)14(2,3)4/h5-7,11H,1-4H3,(H,15,17)(H,18,19). The molecule has 1 amide bonds. The van der Waals surface area contributed by atoms with Gasteiger partial charge in [0.15, 0.2) is 0 Å². The molecule has 0 aliphatic heterocycles. The van der Waals surface area contributed by atoms with Crippen LogP contribution in [0.15, 0.2) is 18.2 Å². The van der Waals surface area contributed by atoms with Gasteiger partial charge in [0.2, 0.25) is 0 Å². The van der Waals surface area contributed by atoms with Gasteiger partial charge in [-0.3, -0.25) is 14.9 Å². The van der Waals surface area contributed by atoms with Crippen molar-refractivity contribution in [1.29, 1.82) is 0 Å². The first kappa shape index (κ1) is 16.6. The van der Waals surface area contributed by atoms with Crippen molar-refractivity contribution in [2.75, 3.05) is 0 Å². The maximum absolute atomic E-state index is 12.3. The number of aryl methyl sites for hydroxylation is 1. The number of nitrogens with one attached hydrogen (secondary N) is 1. The van der Waals surface area contributed by atoms with Crippen molar-refractivity contribution in [3.8, 4) is 0 Å². The quantitative estimate of drug-likeness (QED) is 0.653. The summed E-state index contributed by atoms with van der Waals surface area (Å²) in [6.45, 7) is 6.56. The van der Waals surface area contributed by atoms with E-state index in [9.17, 15) is 24.8 Å². The Bertz CT molecular complexity index is 590. The number of carboxylic acids is 1. The zero-order chi connectivity index (χ0) is 16.4. The van der Waals surface area contributed by atoms with Crippen molar-refractivity contribution in [1.82, 2.24) is 5.32 Å². The summed E-state index contributed by atoms with van der Waals surface area (Å²) < 4.78 is 0. The highest BCUT2D eigenvalue weighted by molar-refractivity contribution is 6.01. The van der Waals surface area contributed by atoms with Crippen LogP contribution in [0, 0.1) is 22.5 Å². The summed E-state index contributed by atoms with van der Waals surface area (Å²) in [5.41, 5.74) is -0.762. The molecule has 21 heavy (non-hydrogen) atoms. The average Bonchev–Trinajstić information content (AvgIpc) is 2.33. The Morgan fingerprint density at radius 1 is 1.33 bits per heavy atom. The van der Waals surface area contributed by atoms with Gasteiger partial charge in [0, 0.05) is 6.07 Å². The van der Waals surface area contributed by atoms with E-state index in [0.29, 0.717) is 5.56 Å². The zero-order valence-corrected chi connectivity index (χ0v) is 12.3. The van der Waals surface area contributed by atoms with E-state index >= 15 is 0 Å². The van der Waals surface area contributed by atoms with E-state index in [0.717, 1.165) is 0 Å². The highest BCUT2D eigenvalue weighted by atomic mass is 16.6. The van der Waals surface area contributed by atoms with Crippen LogP contribution in [-0.4, -0.2) is 27.9 Å². The second kappa shape index (κ2) is 5.90. The highest BCUT2D eigenvalue weighted by Gasteiger charge is 2.34. The molecule has 0 spiro atoms. The van der Waals surface area contributed by atoms with Crippen molar-refractivity contribution in [3.05, 3.63) is 39.4 Å². The van der Waals surface area contributed by atoms with Crippen LogP contribution in [0.4, 0.5) is 5.69 Å². The fourth-order valence-corrected chi connectivity index (χ4v) is 1.95. The summed E-state index contributed by atoms with van der Waals surface area (Å²) in [5.74, 6) is -1.95. The minimum absolute atomic E-state index is 0.113. The molecule has 2 N–H and O–H groups in total. The summed E-state index contributed by atoms with van der Waals surface area (Å²) >= 11 is 0. The van der Waals surface area contributed by atoms with Crippen LogP contribution in [0.1, 0.15) is 36.7 Å². The van der Waals surface area contributed by atoms with Crippen molar-refractivity contribution in [2.45, 2.75) is 33.7 Å². The Labute approximate surface area is 122 Å². The molecule has 7 nitrogen and oxygen atoms in total. The number of nitro benzene ring substituents is 1. The smallest absolute Gasteiger partial charge is 0.326 e. The molecule has 1 rings (SSSR count). The minimum Gasteiger partial charge on any atom is -0.480 e. The topological polar surface area (TPSA) is 110 Å². The second-order valence-corrected chi connectivity index (χ2v) is 5.84. The third-order valence-corrected chi connectivity index (χ3v) is 3.06. The number of carbonyl (C=O) groups is 2. The molecule has 0 saturated heterocycles. The normalized spacial score (nSPS) is 12.6. The largest absolute Gasteiger partial charge is 0.480 e. The lowest BCUT2D eigenvalue weighted by Gasteiger charge is -2.27. The number of nitrogens with zero attached hydrogens (tertiary/aromatic N) is 1. The SMILES string of the molecule is Cc1cccc([N+](=O)[O-])c1C(=O)NC(C(=O)O)C(C)(C)C.